The summed E-state index contributed by atoms with van der Waals surface area (Å²) in [6.07, 6.45) is 0.788. The lowest BCUT2D eigenvalue weighted by molar-refractivity contribution is -0.129. The van der Waals surface area contributed by atoms with Crippen LogP contribution in [0.5, 0.6) is 0 Å². The van der Waals surface area contributed by atoms with Gasteiger partial charge in [0.1, 0.15) is 0 Å². The molecule has 1 aromatic heterocycles. The van der Waals surface area contributed by atoms with E-state index in [0.29, 0.717) is 16.6 Å². The lowest BCUT2D eigenvalue weighted by Gasteiger charge is -2.26. The number of nitrogens with zero attached hydrogens (tertiary/aromatic N) is 2. The molecule has 0 radical (unpaired) electrons. The standard InChI is InChI=1S/C14H13Cl2N3O/c1-8(20)19-3-2-13-12(7-19)14(18-17-13)9-4-10(15)6-11(16)5-9/h4-6H,2-3,7H2,1H3,(H,17,18). The molecule has 0 spiro atoms. The molecule has 1 aromatic carbocycles. The molecule has 0 atom stereocenters. The summed E-state index contributed by atoms with van der Waals surface area (Å²) in [5, 5.41) is 8.56. The van der Waals surface area contributed by atoms with Gasteiger partial charge in [-0.2, -0.15) is 5.10 Å². The average molecular weight is 310 g/mol. The molecule has 0 saturated carbocycles. The van der Waals surface area contributed by atoms with Gasteiger partial charge in [-0.05, 0) is 18.2 Å². The Bertz CT molecular complexity index is 661. The summed E-state index contributed by atoms with van der Waals surface area (Å²) in [6, 6.07) is 5.35. The summed E-state index contributed by atoms with van der Waals surface area (Å²) in [5.74, 6) is 0.0759. The van der Waals surface area contributed by atoms with E-state index in [1.165, 1.54) is 0 Å². The first kappa shape index (κ1) is 13.5. The average Bonchev–Trinajstić information content (AvgIpc) is 2.80. The minimum Gasteiger partial charge on any atom is -0.338 e. The van der Waals surface area contributed by atoms with Gasteiger partial charge in [0, 0.05) is 53.3 Å². The van der Waals surface area contributed by atoms with Crippen LogP contribution in [0.3, 0.4) is 0 Å². The number of H-pyrrole nitrogens is 1. The van der Waals surface area contributed by atoms with E-state index in [1.54, 1.807) is 13.0 Å². The zero-order valence-corrected chi connectivity index (χ0v) is 12.4. The fourth-order valence-corrected chi connectivity index (χ4v) is 3.02. The van der Waals surface area contributed by atoms with Crippen molar-refractivity contribution in [3.05, 3.63) is 39.5 Å². The fraction of sp³-hybridized carbons (Fsp3) is 0.286. The van der Waals surface area contributed by atoms with E-state index in [2.05, 4.69) is 10.2 Å². The Balaban J connectivity index is 2.04. The van der Waals surface area contributed by atoms with Crippen LogP contribution in [0.1, 0.15) is 18.2 Å². The Kier molecular flexibility index (Phi) is 3.44. The lowest BCUT2D eigenvalue weighted by Crippen LogP contribution is -2.34. The maximum atomic E-state index is 11.5. The molecule has 1 aliphatic heterocycles. The lowest BCUT2D eigenvalue weighted by atomic mass is 10.0. The monoisotopic (exact) mass is 309 g/mol. The Labute approximate surface area is 126 Å². The third-order valence-electron chi connectivity index (χ3n) is 3.51. The van der Waals surface area contributed by atoms with Crippen LogP contribution in [-0.4, -0.2) is 27.5 Å². The highest BCUT2D eigenvalue weighted by atomic mass is 35.5. The summed E-state index contributed by atoms with van der Waals surface area (Å²) < 4.78 is 0. The summed E-state index contributed by atoms with van der Waals surface area (Å²) in [6.45, 7) is 2.88. The smallest absolute Gasteiger partial charge is 0.219 e. The number of hydrogen-bond donors (Lipinski definition) is 1. The highest BCUT2D eigenvalue weighted by Gasteiger charge is 2.24. The van der Waals surface area contributed by atoms with Gasteiger partial charge in [-0.1, -0.05) is 23.2 Å². The summed E-state index contributed by atoms with van der Waals surface area (Å²) in [7, 11) is 0. The predicted molar refractivity (Wildman–Crippen MR) is 78.8 cm³/mol. The number of halogens is 2. The highest BCUT2D eigenvalue weighted by Crippen LogP contribution is 2.31. The largest absolute Gasteiger partial charge is 0.338 e. The Morgan fingerprint density at radius 2 is 2.00 bits per heavy atom. The molecule has 2 aromatic rings. The van der Waals surface area contributed by atoms with E-state index in [4.69, 9.17) is 23.2 Å². The van der Waals surface area contributed by atoms with Gasteiger partial charge >= 0.3 is 0 Å². The van der Waals surface area contributed by atoms with Crippen molar-refractivity contribution in [1.82, 2.24) is 15.1 Å². The van der Waals surface area contributed by atoms with Crippen molar-refractivity contribution >= 4 is 29.1 Å². The number of benzene rings is 1. The Hall–Kier alpha value is -1.52. The molecule has 2 heterocycles. The number of fused-ring (bicyclic) bond motifs is 1. The van der Waals surface area contributed by atoms with Gasteiger partial charge in [0.15, 0.2) is 0 Å². The first-order valence-electron chi connectivity index (χ1n) is 6.32. The van der Waals surface area contributed by atoms with Crippen molar-refractivity contribution < 1.29 is 4.79 Å². The van der Waals surface area contributed by atoms with E-state index < -0.39 is 0 Å². The molecular weight excluding hydrogens is 297 g/mol. The third-order valence-corrected chi connectivity index (χ3v) is 3.95. The van der Waals surface area contributed by atoms with E-state index in [1.807, 2.05) is 17.0 Å². The maximum Gasteiger partial charge on any atom is 0.219 e. The normalized spacial score (nSPS) is 14.2. The van der Waals surface area contributed by atoms with Gasteiger partial charge in [-0.25, -0.2) is 0 Å². The first-order valence-corrected chi connectivity index (χ1v) is 7.08. The quantitative estimate of drug-likeness (QED) is 0.878. The molecule has 6 heteroatoms. The second kappa shape index (κ2) is 5.11. The summed E-state index contributed by atoms with van der Waals surface area (Å²) in [5.41, 5.74) is 3.80. The van der Waals surface area contributed by atoms with Gasteiger partial charge in [0.2, 0.25) is 5.91 Å². The summed E-state index contributed by atoms with van der Waals surface area (Å²) in [4.78, 5) is 13.4. The fourth-order valence-electron chi connectivity index (χ4n) is 2.49. The van der Waals surface area contributed by atoms with E-state index >= 15 is 0 Å². The topological polar surface area (TPSA) is 49.0 Å². The van der Waals surface area contributed by atoms with Gasteiger partial charge < -0.3 is 4.90 Å². The minimum atomic E-state index is 0.0759. The predicted octanol–water partition coefficient (Wildman–Crippen LogP) is 3.29. The second-order valence-electron chi connectivity index (χ2n) is 4.88. The molecule has 0 unspecified atom stereocenters. The molecule has 1 amide bonds. The number of hydrogen-bond acceptors (Lipinski definition) is 2. The number of rotatable bonds is 1. The minimum absolute atomic E-state index is 0.0759. The van der Waals surface area contributed by atoms with Crippen LogP contribution in [0.25, 0.3) is 11.3 Å². The molecule has 1 aliphatic rings. The number of aromatic nitrogens is 2. The van der Waals surface area contributed by atoms with Crippen LogP contribution in [0.2, 0.25) is 10.0 Å². The zero-order valence-electron chi connectivity index (χ0n) is 10.9. The van der Waals surface area contributed by atoms with Crippen LogP contribution in [0, 0.1) is 0 Å². The highest BCUT2D eigenvalue weighted by molar-refractivity contribution is 6.35. The molecule has 4 nitrogen and oxygen atoms in total. The first-order chi connectivity index (χ1) is 9.54. The van der Waals surface area contributed by atoms with E-state index in [-0.39, 0.29) is 5.91 Å². The van der Waals surface area contributed by atoms with Gasteiger partial charge in [-0.15, -0.1) is 0 Å². The van der Waals surface area contributed by atoms with Crippen LogP contribution in [-0.2, 0) is 17.8 Å². The van der Waals surface area contributed by atoms with Crippen LogP contribution < -0.4 is 0 Å². The van der Waals surface area contributed by atoms with Crippen molar-refractivity contribution in [2.45, 2.75) is 19.9 Å². The van der Waals surface area contributed by atoms with Gasteiger partial charge in [0.05, 0.1) is 5.69 Å². The maximum absolute atomic E-state index is 11.5. The summed E-state index contributed by atoms with van der Waals surface area (Å²) >= 11 is 12.1. The number of nitrogens with one attached hydrogen (secondary N) is 1. The SMILES string of the molecule is CC(=O)N1CCc2[nH]nc(-c3cc(Cl)cc(Cl)c3)c2C1. The molecule has 0 fully saturated rings. The van der Waals surface area contributed by atoms with E-state index in [0.717, 1.165) is 35.5 Å². The van der Waals surface area contributed by atoms with Crippen molar-refractivity contribution in [3.63, 3.8) is 0 Å². The number of amides is 1. The Morgan fingerprint density at radius 3 is 2.65 bits per heavy atom. The van der Waals surface area contributed by atoms with Crippen LogP contribution in [0.4, 0.5) is 0 Å². The van der Waals surface area contributed by atoms with Crippen LogP contribution >= 0.6 is 23.2 Å². The van der Waals surface area contributed by atoms with Gasteiger partial charge in [0.25, 0.3) is 0 Å². The van der Waals surface area contributed by atoms with Crippen molar-refractivity contribution in [3.8, 4) is 11.3 Å². The van der Waals surface area contributed by atoms with E-state index in [9.17, 15) is 4.79 Å². The zero-order chi connectivity index (χ0) is 14.3. The van der Waals surface area contributed by atoms with Crippen molar-refractivity contribution in [2.24, 2.45) is 0 Å². The molecule has 0 saturated heterocycles. The number of carbonyl (C=O) groups excluding carboxylic acids is 1. The molecule has 0 bridgehead atoms. The van der Waals surface area contributed by atoms with Gasteiger partial charge in [-0.3, -0.25) is 9.89 Å². The molecule has 20 heavy (non-hydrogen) atoms. The second-order valence-corrected chi connectivity index (χ2v) is 5.75. The number of carbonyl (C=O) groups is 1. The van der Waals surface area contributed by atoms with Crippen molar-refractivity contribution in [1.29, 1.82) is 0 Å². The molecule has 3 rings (SSSR count). The Morgan fingerprint density at radius 1 is 1.30 bits per heavy atom. The molecular formula is C14H13Cl2N3O. The van der Waals surface area contributed by atoms with Crippen LogP contribution in [0.15, 0.2) is 18.2 Å². The molecule has 104 valence electrons. The third kappa shape index (κ3) is 2.41. The number of aromatic amines is 1. The molecule has 1 N–H and O–H groups in total. The molecule has 0 aliphatic carbocycles. The van der Waals surface area contributed by atoms with Crippen molar-refractivity contribution in [2.75, 3.05) is 6.54 Å².